The summed E-state index contributed by atoms with van der Waals surface area (Å²) in [6.45, 7) is 1.65. The Bertz CT molecular complexity index is 572. The molecule has 0 unspecified atom stereocenters. The van der Waals surface area contributed by atoms with Gasteiger partial charge in [-0.2, -0.15) is 0 Å². The number of nitrogen functional groups attached to an aromatic ring is 1. The highest BCUT2D eigenvalue weighted by Gasteiger charge is 2.06. The standard InChI is InChI=1S/C15H16BrClN2/c1-19(9-11-3-2-4-14(18)7-11)10-12-5-6-13(16)8-15(12)17/h2-8H,9-10,18H2,1H3. The van der Waals surface area contributed by atoms with Crippen LogP contribution in [0.2, 0.25) is 5.02 Å². The summed E-state index contributed by atoms with van der Waals surface area (Å²) in [6, 6.07) is 13.9. The molecular formula is C15H16BrClN2. The summed E-state index contributed by atoms with van der Waals surface area (Å²) in [5, 5.41) is 0.786. The van der Waals surface area contributed by atoms with Gasteiger partial charge in [-0.25, -0.2) is 0 Å². The fraction of sp³-hybridized carbons (Fsp3) is 0.200. The molecule has 0 atom stereocenters. The van der Waals surface area contributed by atoms with Crippen molar-refractivity contribution in [3.63, 3.8) is 0 Å². The van der Waals surface area contributed by atoms with Crippen LogP contribution in [0, 0.1) is 0 Å². The number of anilines is 1. The summed E-state index contributed by atoms with van der Waals surface area (Å²) in [4.78, 5) is 2.21. The molecule has 0 spiro atoms. The summed E-state index contributed by atoms with van der Waals surface area (Å²) in [5.74, 6) is 0. The third-order valence-corrected chi connectivity index (χ3v) is 3.70. The molecule has 2 aromatic rings. The van der Waals surface area contributed by atoms with Crippen molar-refractivity contribution < 1.29 is 0 Å². The van der Waals surface area contributed by atoms with Gasteiger partial charge in [0.15, 0.2) is 0 Å². The van der Waals surface area contributed by atoms with Crippen molar-refractivity contribution >= 4 is 33.2 Å². The van der Waals surface area contributed by atoms with Gasteiger partial charge in [-0.3, -0.25) is 4.90 Å². The second kappa shape index (κ2) is 6.42. The lowest BCUT2D eigenvalue weighted by Gasteiger charge is -2.18. The van der Waals surface area contributed by atoms with Gasteiger partial charge in [0.1, 0.15) is 0 Å². The van der Waals surface area contributed by atoms with Crippen LogP contribution in [-0.4, -0.2) is 11.9 Å². The molecular weight excluding hydrogens is 324 g/mol. The smallest absolute Gasteiger partial charge is 0.0462 e. The van der Waals surface area contributed by atoms with E-state index in [0.717, 1.165) is 33.8 Å². The first kappa shape index (κ1) is 14.4. The zero-order chi connectivity index (χ0) is 13.8. The summed E-state index contributed by atoms with van der Waals surface area (Å²) < 4.78 is 1.000. The largest absolute Gasteiger partial charge is 0.399 e. The molecule has 0 saturated carbocycles. The van der Waals surface area contributed by atoms with E-state index in [4.69, 9.17) is 17.3 Å². The van der Waals surface area contributed by atoms with Gasteiger partial charge in [0, 0.05) is 28.3 Å². The number of hydrogen-bond donors (Lipinski definition) is 1. The lowest BCUT2D eigenvalue weighted by atomic mass is 10.1. The molecule has 2 nitrogen and oxygen atoms in total. The van der Waals surface area contributed by atoms with Gasteiger partial charge >= 0.3 is 0 Å². The maximum atomic E-state index is 6.23. The molecule has 2 aromatic carbocycles. The van der Waals surface area contributed by atoms with Crippen LogP contribution in [0.3, 0.4) is 0 Å². The molecule has 19 heavy (non-hydrogen) atoms. The van der Waals surface area contributed by atoms with Crippen LogP contribution in [-0.2, 0) is 13.1 Å². The molecule has 100 valence electrons. The van der Waals surface area contributed by atoms with E-state index in [2.05, 4.69) is 33.9 Å². The predicted molar refractivity (Wildman–Crippen MR) is 85.2 cm³/mol. The first-order chi connectivity index (χ1) is 9.04. The number of nitrogens with zero attached hydrogens (tertiary/aromatic N) is 1. The maximum Gasteiger partial charge on any atom is 0.0462 e. The fourth-order valence-corrected chi connectivity index (χ4v) is 2.73. The van der Waals surface area contributed by atoms with Crippen molar-refractivity contribution in [3.05, 3.63) is 63.1 Å². The highest BCUT2D eigenvalue weighted by atomic mass is 79.9. The molecule has 0 saturated heterocycles. The Balaban J connectivity index is 2.03. The van der Waals surface area contributed by atoms with Gasteiger partial charge < -0.3 is 5.73 Å². The Morgan fingerprint density at radius 2 is 1.95 bits per heavy atom. The highest BCUT2D eigenvalue weighted by Crippen LogP contribution is 2.22. The van der Waals surface area contributed by atoms with Gasteiger partial charge in [0.25, 0.3) is 0 Å². The van der Waals surface area contributed by atoms with Gasteiger partial charge in [0.05, 0.1) is 0 Å². The molecule has 0 radical (unpaired) electrons. The summed E-state index contributed by atoms with van der Waals surface area (Å²) >= 11 is 9.64. The number of benzene rings is 2. The van der Waals surface area contributed by atoms with Crippen molar-refractivity contribution in [3.8, 4) is 0 Å². The zero-order valence-corrected chi connectivity index (χ0v) is 13.1. The molecule has 0 aliphatic rings. The molecule has 0 amide bonds. The Morgan fingerprint density at radius 1 is 1.16 bits per heavy atom. The number of hydrogen-bond acceptors (Lipinski definition) is 2. The molecule has 0 bridgehead atoms. The molecule has 0 aromatic heterocycles. The second-order valence-corrected chi connectivity index (χ2v) is 5.98. The third kappa shape index (κ3) is 4.23. The average molecular weight is 340 g/mol. The zero-order valence-electron chi connectivity index (χ0n) is 10.7. The van der Waals surface area contributed by atoms with Gasteiger partial charge in [-0.05, 0) is 42.4 Å². The molecule has 0 aliphatic carbocycles. The number of rotatable bonds is 4. The van der Waals surface area contributed by atoms with Crippen molar-refractivity contribution in [1.29, 1.82) is 0 Å². The van der Waals surface area contributed by atoms with E-state index in [1.165, 1.54) is 5.56 Å². The van der Waals surface area contributed by atoms with Crippen LogP contribution in [0.15, 0.2) is 46.9 Å². The van der Waals surface area contributed by atoms with E-state index in [9.17, 15) is 0 Å². The second-order valence-electron chi connectivity index (χ2n) is 4.65. The lowest BCUT2D eigenvalue weighted by molar-refractivity contribution is 0.319. The van der Waals surface area contributed by atoms with Crippen molar-refractivity contribution in [1.82, 2.24) is 4.90 Å². The van der Waals surface area contributed by atoms with Crippen molar-refractivity contribution in [2.45, 2.75) is 13.1 Å². The van der Waals surface area contributed by atoms with Crippen LogP contribution >= 0.6 is 27.5 Å². The van der Waals surface area contributed by atoms with Crippen LogP contribution in [0.5, 0.6) is 0 Å². The minimum absolute atomic E-state index is 0.786. The Labute approximate surface area is 127 Å². The molecule has 2 N–H and O–H groups in total. The fourth-order valence-electron chi connectivity index (χ4n) is 2.00. The van der Waals surface area contributed by atoms with E-state index in [1.54, 1.807) is 0 Å². The normalized spacial score (nSPS) is 10.9. The van der Waals surface area contributed by atoms with Gasteiger partial charge in [-0.1, -0.05) is 45.7 Å². The third-order valence-electron chi connectivity index (χ3n) is 2.86. The molecule has 2 rings (SSSR count). The molecule has 4 heteroatoms. The van der Waals surface area contributed by atoms with E-state index in [0.29, 0.717) is 0 Å². The van der Waals surface area contributed by atoms with Crippen LogP contribution in [0.4, 0.5) is 5.69 Å². The van der Waals surface area contributed by atoms with E-state index < -0.39 is 0 Å². The molecule has 0 fully saturated rings. The lowest BCUT2D eigenvalue weighted by Crippen LogP contribution is -2.17. The quantitative estimate of drug-likeness (QED) is 0.841. The Hall–Kier alpha value is -1.03. The first-order valence-electron chi connectivity index (χ1n) is 6.01. The predicted octanol–water partition coefficient (Wildman–Crippen LogP) is 4.32. The summed E-state index contributed by atoms with van der Waals surface area (Å²) in [6.07, 6.45) is 0. The Kier molecular flexibility index (Phi) is 4.86. The van der Waals surface area contributed by atoms with E-state index >= 15 is 0 Å². The number of nitrogens with two attached hydrogens (primary N) is 1. The summed E-state index contributed by atoms with van der Waals surface area (Å²) in [7, 11) is 2.07. The summed E-state index contributed by atoms with van der Waals surface area (Å²) in [5.41, 5.74) is 8.91. The first-order valence-corrected chi connectivity index (χ1v) is 7.18. The minimum atomic E-state index is 0.786. The van der Waals surface area contributed by atoms with E-state index in [1.807, 2.05) is 36.4 Å². The minimum Gasteiger partial charge on any atom is -0.399 e. The van der Waals surface area contributed by atoms with Crippen molar-refractivity contribution in [2.24, 2.45) is 0 Å². The van der Waals surface area contributed by atoms with E-state index in [-0.39, 0.29) is 0 Å². The van der Waals surface area contributed by atoms with Crippen LogP contribution < -0.4 is 5.73 Å². The monoisotopic (exact) mass is 338 g/mol. The molecule has 0 aliphatic heterocycles. The topological polar surface area (TPSA) is 29.3 Å². The molecule has 0 heterocycles. The average Bonchev–Trinajstić information content (AvgIpc) is 2.33. The number of halogens is 2. The van der Waals surface area contributed by atoms with Crippen LogP contribution in [0.1, 0.15) is 11.1 Å². The SMILES string of the molecule is CN(Cc1cccc(N)c1)Cc1ccc(Br)cc1Cl. The Morgan fingerprint density at radius 3 is 2.63 bits per heavy atom. The van der Waals surface area contributed by atoms with Gasteiger partial charge in [0.2, 0.25) is 0 Å². The maximum absolute atomic E-state index is 6.23. The van der Waals surface area contributed by atoms with Crippen LogP contribution in [0.25, 0.3) is 0 Å². The van der Waals surface area contributed by atoms with Gasteiger partial charge in [-0.15, -0.1) is 0 Å². The van der Waals surface area contributed by atoms with Crippen molar-refractivity contribution in [2.75, 3.05) is 12.8 Å². The highest BCUT2D eigenvalue weighted by molar-refractivity contribution is 9.10.